The number of benzene rings is 1. The monoisotopic (exact) mass is 337 g/mol. The van der Waals surface area contributed by atoms with E-state index in [4.69, 9.17) is 5.11 Å². The molecule has 0 radical (unpaired) electrons. The van der Waals surface area contributed by atoms with Gasteiger partial charge in [-0.25, -0.2) is 13.5 Å². The van der Waals surface area contributed by atoms with Crippen LogP contribution in [0.4, 0.5) is 8.78 Å². The van der Waals surface area contributed by atoms with Gasteiger partial charge in [-0.2, -0.15) is 5.10 Å². The molecule has 2 aromatic rings. The summed E-state index contributed by atoms with van der Waals surface area (Å²) in [6.07, 6.45) is 0. The Morgan fingerprint density at radius 3 is 2.62 bits per heavy atom. The van der Waals surface area contributed by atoms with Crippen LogP contribution in [-0.2, 0) is 13.1 Å². The largest absolute Gasteiger partial charge is 0.395 e. The third-order valence-corrected chi connectivity index (χ3v) is 3.41. The molecule has 2 rings (SSSR count). The van der Waals surface area contributed by atoms with Gasteiger partial charge < -0.3 is 10.4 Å². The molecule has 130 valence electrons. The molecule has 0 saturated heterocycles. The molecule has 1 heterocycles. The van der Waals surface area contributed by atoms with E-state index in [1.54, 1.807) is 6.07 Å². The molecule has 2 N–H and O–H groups in total. The Morgan fingerprint density at radius 2 is 2.00 bits per heavy atom. The summed E-state index contributed by atoms with van der Waals surface area (Å²) >= 11 is 0. The second kappa shape index (κ2) is 8.12. The molecule has 0 fully saturated rings. The van der Waals surface area contributed by atoms with Gasteiger partial charge >= 0.3 is 0 Å². The summed E-state index contributed by atoms with van der Waals surface area (Å²) in [6, 6.07) is 5.09. The second-order valence-corrected chi connectivity index (χ2v) is 5.97. The summed E-state index contributed by atoms with van der Waals surface area (Å²) in [7, 11) is 0. The van der Waals surface area contributed by atoms with E-state index in [9.17, 15) is 13.6 Å². The number of nitrogens with zero attached hydrogens (tertiary/aromatic N) is 2. The van der Waals surface area contributed by atoms with E-state index < -0.39 is 11.6 Å². The topological polar surface area (TPSA) is 67.2 Å². The van der Waals surface area contributed by atoms with E-state index in [-0.39, 0.29) is 24.6 Å². The molecule has 0 aliphatic rings. The third-order valence-electron chi connectivity index (χ3n) is 3.41. The lowest BCUT2D eigenvalue weighted by molar-refractivity contribution is 0.291. The van der Waals surface area contributed by atoms with Crippen molar-refractivity contribution in [3.63, 3.8) is 0 Å². The number of rotatable bonds is 7. The van der Waals surface area contributed by atoms with Crippen LogP contribution in [0.1, 0.15) is 19.4 Å². The summed E-state index contributed by atoms with van der Waals surface area (Å²) in [4.78, 5) is 12.5. The predicted molar refractivity (Wildman–Crippen MR) is 87.5 cm³/mol. The summed E-state index contributed by atoms with van der Waals surface area (Å²) < 4.78 is 28.0. The molecule has 24 heavy (non-hydrogen) atoms. The number of nitrogens with one attached hydrogen (secondary N) is 1. The van der Waals surface area contributed by atoms with Crippen LogP contribution in [-0.4, -0.2) is 28.0 Å². The van der Waals surface area contributed by atoms with Gasteiger partial charge in [0.15, 0.2) is 11.6 Å². The zero-order valence-corrected chi connectivity index (χ0v) is 13.7. The maximum absolute atomic E-state index is 13.5. The van der Waals surface area contributed by atoms with Crippen molar-refractivity contribution in [3.8, 4) is 11.3 Å². The molecule has 0 aliphatic heterocycles. The molecule has 0 atom stereocenters. The van der Waals surface area contributed by atoms with Crippen molar-refractivity contribution >= 4 is 0 Å². The molecular formula is C17H21F2N3O2. The van der Waals surface area contributed by atoms with Crippen LogP contribution in [0.2, 0.25) is 0 Å². The molecule has 5 nitrogen and oxygen atoms in total. The first-order chi connectivity index (χ1) is 11.4. The maximum Gasteiger partial charge on any atom is 0.271 e. The summed E-state index contributed by atoms with van der Waals surface area (Å²) in [6.45, 7) is 4.91. The average Bonchev–Trinajstić information content (AvgIpc) is 2.53. The SMILES string of the molecule is CC(C)Cn1nc(-c2ccc(F)c(F)c2)cc(CNCCO)c1=O. The van der Waals surface area contributed by atoms with Crippen molar-refractivity contribution in [3.05, 3.63) is 51.8 Å². The van der Waals surface area contributed by atoms with Crippen LogP contribution < -0.4 is 10.9 Å². The van der Waals surface area contributed by atoms with E-state index in [0.29, 0.717) is 29.9 Å². The number of hydrogen-bond donors (Lipinski definition) is 2. The Bertz CT molecular complexity index is 760. The Hall–Kier alpha value is -2.12. The normalized spacial score (nSPS) is 11.2. The van der Waals surface area contributed by atoms with E-state index in [2.05, 4.69) is 10.4 Å². The average molecular weight is 337 g/mol. The van der Waals surface area contributed by atoms with Crippen molar-refractivity contribution in [1.29, 1.82) is 0 Å². The molecule has 1 aromatic carbocycles. The predicted octanol–water partition coefficient (Wildman–Crippen LogP) is 1.93. The van der Waals surface area contributed by atoms with Crippen LogP contribution in [0.25, 0.3) is 11.3 Å². The van der Waals surface area contributed by atoms with Gasteiger partial charge in [-0.1, -0.05) is 13.8 Å². The molecule has 7 heteroatoms. The molecule has 0 aliphatic carbocycles. The van der Waals surface area contributed by atoms with Gasteiger partial charge in [-0.15, -0.1) is 0 Å². The highest BCUT2D eigenvalue weighted by molar-refractivity contribution is 5.59. The number of hydrogen-bond acceptors (Lipinski definition) is 4. The van der Waals surface area contributed by atoms with E-state index in [0.717, 1.165) is 12.1 Å². The van der Waals surface area contributed by atoms with Crippen LogP contribution in [0.5, 0.6) is 0 Å². The molecule has 0 bridgehead atoms. The zero-order valence-electron chi connectivity index (χ0n) is 13.7. The summed E-state index contributed by atoms with van der Waals surface area (Å²) in [5.41, 5.74) is 1.02. The molecule has 0 unspecified atom stereocenters. The fraction of sp³-hybridized carbons (Fsp3) is 0.412. The van der Waals surface area contributed by atoms with Crippen LogP contribution >= 0.6 is 0 Å². The number of aliphatic hydroxyl groups is 1. The highest BCUT2D eigenvalue weighted by atomic mass is 19.2. The molecule has 0 spiro atoms. The Kier molecular flexibility index (Phi) is 6.16. The first-order valence-corrected chi connectivity index (χ1v) is 7.80. The molecular weight excluding hydrogens is 316 g/mol. The van der Waals surface area contributed by atoms with Crippen LogP contribution in [0.15, 0.2) is 29.1 Å². The minimum absolute atomic E-state index is 0.0404. The molecule has 0 amide bonds. The standard InChI is InChI=1S/C17H21F2N3O2/c1-11(2)10-22-17(24)13(9-20-5-6-23)8-16(21-22)12-3-4-14(18)15(19)7-12/h3-4,7-8,11,20,23H,5-6,9-10H2,1-2H3. The molecule has 1 aromatic heterocycles. The van der Waals surface area contributed by atoms with Crippen molar-refractivity contribution in [1.82, 2.24) is 15.1 Å². The van der Waals surface area contributed by atoms with Crippen LogP contribution in [0, 0.1) is 17.6 Å². The Morgan fingerprint density at radius 1 is 1.25 bits per heavy atom. The highest BCUT2D eigenvalue weighted by Crippen LogP contribution is 2.19. The van der Waals surface area contributed by atoms with Crippen molar-refractivity contribution in [2.45, 2.75) is 26.9 Å². The van der Waals surface area contributed by atoms with Crippen LogP contribution in [0.3, 0.4) is 0 Å². The van der Waals surface area contributed by atoms with Gasteiger partial charge in [-0.3, -0.25) is 4.79 Å². The number of aliphatic hydroxyl groups excluding tert-OH is 1. The quantitative estimate of drug-likeness (QED) is 0.758. The van der Waals surface area contributed by atoms with Crippen molar-refractivity contribution in [2.24, 2.45) is 5.92 Å². The minimum atomic E-state index is -0.962. The first-order valence-electron chi connectivity index (χ1n) is 7.80. The van der Waals surface area contributed by atoms with Gasteiger partial charge in [0, 0.05) is 30.8 Å². The summed E-state index contributed by atoms with van der Waals surface area (Å²) in [5.74, 6) is -1.69. The van der Waals surface area contributed by atoms with E-state index in [1.807, 2.05) is 13.8 Å². The lowest BCUT2D eigenvalue weighted by atomic mass is 10.1. The highest BCUT2D eigenvalue weighted by Gasteiger charge is 2.12. The Labute approximate surface area is 138 Å². The van der Waals surface area contributed by atoms with Gasteiger partial charge in [0.2, 0.25) is 0 Å². The van der Waals surface area contributed by atoms with Crippen molar-refractivity contribution < 1.29 is 13.9 Å². The van der Waals surface area contributed by atoms with E-state index in [1.165, 1.54) is 10.7 Å². The summed E-state index contributed by atoms with van der Waals surface area (Å²) in [5, 5.41) is 16.1. The zero-order chi connectivity index (χ0) is 17.7. The smallest absolute Gasteiger partial charge is 0.271 e. The van der Waals surface area contributed by atoms with Gasteiger partial charge in [0.05, 0.1) is 12.3 Å². The molecule has 0 saturated carbocycles. The third kappa shape index (κ3) is 4.46. The van der Waals surface area contributed by atoms with Gasteiger partial charge in [0.1, 0.15) is 0 Å². The van der Waals surface area contributed by atoms with Crippen molar-refractivity contribution in [2.75, 3.05) is 13.2 Å². The minimum Gasteiger partial charge on any atom is -0.395 e. The van der Waals surface area contributed by atoms with E-state index >= 15 is 0 Å². The first kappa shape index (κ1) is 18.2. The van der Waals surface area contributed by atoms with Gasteiger partial charge in [0.25, 0.3) is 5.56 Å². The lowest BCUT2D eigenvalue weighted by Crippen LogP contribution is -2.31. The Balaban J connectivity index is 2.47. The second-order valence-electron chi connectivity index (χ2n) is 5.97. The lowest BCUT2D eigenvalue weighted by Gasteiger charge is -2.13. The number of halogens is 2. The number of aromatic nitrogens is 2. The van der Waals surface area contributed by atoms with Gasteiger partial charge in [-0.05, 0) is 30.2 Å². The maximum atomic E-state index is 13.5. The fourth-order valence-electron chi connectivity index (χ4n) is 2.29. The fourth-order valence-corrected chi connectivity index (χ4v) is 2.29.